The fraction of sp³-hybridized carbons (Fsp3) is 0.655. The van der Waals surface area contributed by atoms with Crippen LogP contribution in [0.2, 0.25) is 0 Å². The molecule has 0 saturated heterocycles. The summed E-state index contributed by atoms with van der Waals surface area (Å²) in [6.07, 6.45) is 3.40. The van der Waals surface area contributed by atoms with Gasteiger partial charge in [0.1, 0.15) is 24.2 Å². The second-order valence-corrected chi connectivity index (χ2v) is 11.9. The van der Waals surface area contributed by atoms with Gasteiger partial charge in [0.2, 0.25) is 29.5 Å². The van der Waals surface area contributed by atoms with Crippen LogP contribution >= 0.6 is 0 Å². The van der Waals surface area contributed by atoms with Gasteiger partial charge in [-0.25, -0.2) is 9.78 Å². The molecule has 1 aromatic heterocycles. The smallest absolute Gasteiger partial charge is 0.326 e. The predicted molar refractivity (Wildman–Crippen MR) is 173 cm³/mol. The fourth-order valence-corrected chi connectivity index (χ4v) is 4.44. The molecule has 0 radical (unpaired) electrons. The molecule has 264 valence electrons. The lowest BCUT2D eigenvalue weighted by Crippen LogP contribution is -2.59. The number of amides is 5. The Morgan fingerprint density at radius 2 is 1.45 bits per heavy atom. The van der Waals surface area contributed by atoms with Crippen LogP contribution in [-0.4, -0.2) is 93.3 Å². The normalized spacial score (nSPS) is 14.9. The molecule has 1 heterocycles. The van der Waals surface area contributed by atoms with E-state index in [1.807, 2.05) is 20.8 Å². The molecular formula is C29H51N11O7. The van der Waals surface area contributed by atoms with E-state index >= 15 is 0 Å². The van der Waals surface area contributed by atoms with Crippen LogP contribution in [0.25, 0.3) is 0 Å². The maximum atomic E-state index is 13.7. The summed E-state index contributed by atoms with van der Waals surface area (Å²) in [5, 5.41) is 19.9. The lowest BCUT2D eigenvalue weighted by molar-refractivity contribution is -0.142. The predicted octanol–water partition coefficient (Wildman–Crippen LogP) is -2.29. The summed E-state index contributed by atoms with van der Waals surface area (Å²) in [5.74, 6) is -5.31. The Kier molecular flexibility index (Phi) is 17.5. The van der Waals surface area contributed by atoms with Crippen LogP contribution < -0.4 is 44.2 Å². The van der Waals surface area contributed by atoms with Crippen molar-refractivity contribution in [2.24, 2.45) is 39.8 Å². The number of nitrogens with zero attached hydrogens (tertiary/aromatic N) is 2. The van der Waals surface area contributed by atoms with Gasteiger partial charge in [-0.05, 0) is 37.5 Å². The highest BCUT2D eigenvalue weighted by atomic mass is 16.4. The summed E-state index contributed by atoms with van der Waals surface area (Å²) in [6.45, 7) is 7.43. The maximum absolute atomic E-state index is 13.7. The number of nitrogens with two attached hydrogens (primary N) is 4. The number of aliphatic imine (C=N–C) groups is 1. The van der Waals surface area contributed by atoms with Crippen molar-refractivity contribution in [3.8, 4) is 0 Å². The molecule has 5 amide bonds. The number of carbonyl (C=O) groups is 6. The van der Waals surface area contributed by atoms with E-state index in [1.165, 1.54) is 12.5 Å². The van der Waals surface area contributed by atoms with Crippen molar-refractivity contribution in [1.29, 1.82) is 0 Å². The number of carboxylic acids is 1. The van der Waals surface area contributed by atoms with Crippen molar-refractivity contribution in [2.75, 3.05) is 6.54 Å². The molecule has 1 rings (SSSR count). The van der Waals surface area contributed by atoms with Crippen LogP contribution in [-0.2, 0) is 35.2 Å². The zero-order valence-corrected chi connectivity index (χ0v) is 27.5. The number of aromatic nitrogens is 2. The lowest BCUT2D eigenvalue weighted by Gasteiger charge is -2.27. The van der Waals surface area contributed by atoms with Gasteiger partial charge < -0.3 is 54.3 Å². The van der Waals surface area contributed by atoms with E-state index in [0.29, 0.717) is 12.1 Å². The molecule has 0 unspecified atom stereocenters. The highest BCUT2D eigenvalue weighted by Gasteiger charge is 2.33. The Morgan fingerprint density at radius 3 is 1.98 bits per heavy atom. The summed E-state index contributed by atoms with van der Waals surface area (Å²) in [6, 6.07) is -5.91. The number of guanidine groups is 1. The number of aromatic amines is 1. The summed E-state index contributed by atoms with van der Waals surface area (Å²) in [5.41, 5.74) is 22.4. The van der Waals surface area contributed by atoms with Crippen molar-refractivity contribution < 1.29 is 33.9 Å². The number of imidazole rings is 1. The molecule has 14 N–H and O–H groups in total. The molecule has 0 bridgehead atoms. The van der Waals surface area contributed by atoms with E-state index < -0.39 is 65.7 Å². The molecule has 47 heavy (non-hydrogen) atoms. The Balaban J connectivity index is 3.22. The molecule has 18 heteroatoms. The van der Waals surface area contributed by atoms with Gasteiger partial charge in [-0.15, -0.1) is 0 Å². The zero-order chi connectivity index (χ0) is 35.7. The van der Waals surface area contributed by atoms with Crippen molar-refractivity contribution in [2.45, 2.75) is 103 Å². The lowest BCUT2D eigenvalue weighted by atomic mass is 9.98. The molecular weight excluding hydrogens is 614 g/mol. The first kappa shape index (κ1) is 40.3. The van der Waals surface area contributed by atoms with Crippen LogP contribution in [0.15, 0.2) is 17.5 Å². The second kappa shape index (κ2) is 20.4. The molecule has 0 aliphatic rings. The van der Waals surface area contributed by atoms with E-state index in [4.69, 9.17) is 22.9 Å². The van der Waals surface area contributed by atoms with Crippen molar-refractivity contribution >= 4 is 41.5 Å². The standard InChI is InChI=1S/C29H51N11O7/c1-5-16(4)23(31)27(45)37-18(8-9-22(30)41)24(42)40-21(12-17-13-34-14-36-17)26(44)39-20(11-15(2)3)25(43)38-19(28(46)47)7-6-10-35-29(32)33/h13-16,18-21,23H,5-12,31H2,1-4H3,(H2,30,41)(H,34,36)(H,37,45)(H,38,43)(H,39,44)(H,40,42)(H,46,47)(H4,32,33,35)/t16-,18-,19-,20-,21-,23-/m0/s1. The summed E-state index contributed by atoms with van der Waals surface area (Å²) in [4.78, 5) is 87.2. The van der Waals surface area contributed by atoms with Gasteiger partial charge in [-0.2, -0.15) is 0 Å². The van der Waals surface area contributed by atoms with Gasteiger partial charge in [0.25, 0.3) is 0 Å². The minimum Gasteiger partial charge on any atom is -0.480 e. The third kappa shape index (κ3) is 15.4. The highest BCUT2D eigenvalue weighted by molar-refractivity contribution is 5.95. The van der Waals surface area contributed by atoms with Crippen LogP contribution in [0, 0.1) is 11.8 Å². The van der Waals surface area contributed by atoms with Gasteiger partial charge in [-0.1, -0.05) is 34.1 Å². The quantitative estimate of drug-likeness (QED) is 0.0357. The van der Waals surface area contributed by atoms with Crippen LogP contribution in [0.1, 0.15) is 71.9 Å². The van der Waals surface area contributed by atoms with Crippen LogP contribution in [0.5, 0.6) is 0 Å². The minimum absolute atomic E-state index is 0.0256. The molecule has 0 aliphatic carbocycles. The number of carbonyl (C=O) groups excluding carboxylic acids is 5. The van der Waals surface area contributed by atoms with E-state index in [0.717, 1.165) is 0 Å². The van der Waals surface area contributed by atoms with Gasteiger partial charge in [0, 0.05) is 31.3 Å². The first-order valence-corrected chi connectivity index (χ1v) is 15.6. The van der Waals surface area contributed by atoms with Crippen LogP contribution in [0.4, 0.5) is 0 Å². The molecule has 1 aromatic rings. The topological polar surface area (TPSA) is 316 Å². The Hall–Kier alpha value is -4.74. The first-order chi connectivity index (χ1) is 22.0. The maximum Gasteiger partial charge on any atom is 0.326 e. The fourth-order valence-electron chi connectivity index (χ4n) is 4.44. The number of nitrogens with one attached hydrogen (secondary N) is 5. The monoisotopic (exact) mass is 665 g/mol. The number of primary amides is 1. The third-order valence-electron chi connectivity index (χ3n) is 7.38. The molecule has 0 saturated carbocycles. The second-order valence-electron chi connectivity index (χ2n) is 11.9. The number of rotatable bonds is 22. The van der Waals surface area contributed by atoms with E-state index in [2.05, 4.69) is 36.2 Å². The highest BCUT2D eigenvalue weighted by Crippen LogP contribution is 2.10. The minimum atomic E-state index is -1.28. The Labute approximate surface area is 274 Å². The molecule has 0 aromatic carbocycles. The summed E-state index contributed by atoms with van der Waals surface area (Å²) in [7, 11) is 0. The van der Waals surface area contributed by atoms with Gasteiger partial charge in [0.15, 0.2) is 5.96 Å². The first-order valence-electron chi connectivity index (χ1n) is 15.6. The SMILES string of the molecule is CC[C@H](C)[C@H](N)C(=O)N[C@@H](CCC(N)=O)C(=O)N[C@@H](Cc1cnc[nH]1)C(=O)N[C@@H](CC(C)C)C(=O)N[C@@H](CCCN=C(N)N)C(=O)O. The van der Waals surface area contributed by atoms with Crippen molar-refractivity contribution in [1.82, 2.24) is 31.2 Å². The number of carboxylic acid groups (broad SMARTS) is 1. The van der Waals surface area contributed by atoms with Crippen molar-refractivity contribution in [3.63, 3.8) is 0 Å². The number of hydrogen-bond acceptors (Lipinski definition) is 9. The summed E-state index contributed by atoms with van der Waals surface area (Å²) < 4.78 is 0. The average molecular weight is 666 g/mol. The molecule has 0 fully saturated rings. The molecule has 0 spiro atoms. The average Bonchev–Trinajstić information content (AvgIpc) is 3.51. The van der Waals surface area contributed by atoms with E-state index in [9.17, 15) is 33.9 Å². The van der Waals surface area contributed by atoms with E-state index in [1.54, 1.807) is 6.92 Å². The third-order valence-corrected chi connectivity index (χ3v) is 7.38. The molecule has 6 atom stereocenters. The number of aliphatic carboxylic acids is 1. The van der Waals surface area contributed by atoms with E-state index in [-0.39, 0.29) is 62.9 Å². The number of hydrogen-bond donors (Lipinski definition) is 10. The van der Waals surface area contributed by atoms with Crippen molar-refractivity contribution in [3.05, 3.63) is 18.2 Å². The largest absolute Gasteiger partial charge is 0.480 e. The number of H-pyrrole nitrogens is 1. The molecule has 0 aliphatic heterocycles. The molecule has 18 nitrogen and oxygen atoms in total. The van der Waals surface area contributed by atoms with Gasteiger partial charge in [0.05, 0.1) is 12.4 Å². The van der Waals surface area contributed by atoms with Gasteiger partial charge in [-0.3, -0.25) is 29.0 Å². The van der Waals surface area contributed by atoms with Gasteiger partial charge >= 0.3 is 5.97 Å². The zero-order valence-electron chi connectivity index (χ0n) is 27.5. The Morgan fingerprint density at radius 1 is 0.872 bits per heavy atom. The Bertz CT molecular complexity index is 1220. The van der Waals surface area contributed by atoms with Crippen LogP contribution in [0.3, 0.4) is 0 Å². The summed E-state index contributed by atoms with van der Waals surface area (Å²) >= 11 is 0.